The number of benzene rings is 4. The summed E-state index contributed by atoms with van der Waals surface area (Å²) >= 11 is 0. The van der Waals surface area contributed by atoms with E-state index in [9.17, 15) is 5.26 Å². The van der Waals surface area contributed by atoms with Crippen LogP contribution in [-0.2, 0) is 17.4 Å². The highest BCUT2D eigenvalue weighted by Crippen LogP contribution is 2.46. The molecule has 0 radical (unpaired) electrons. The van der Waals surface area contributed by atoms with Crippen molar-refractivity contribution in [1.82, 2.24) is 4.57 Å². The summed E-state index contributed by atoms with van der Waals surface area (Å²) in [5.74, 6) is 1.04. The number of likely N-dealkylation sites (N-methyl/N-ethyl adjacent to an activating group) is 1. The zero-order chi connectivity index (χ0) is 35.2. The van der Waals surface area contributed by atoms with Gasteiger partial charge in [-0.25, -0.2) is 4.57 Å². The van der Waals surface area contributed by atoms with E-state index >= 15 is 0 Å². The lowest BCUT2D eigenvalue weighted by Gasteiger charge is -2.23. The number of allylic oxidation sites excluding steroid dienone is 7. The highest BCUT2D eigenvalue weighted by Gasteiger charge is 2.42. The van der Waals surface area contributed by atoms with E-state index in [1.165, 1.54) is 33.9 Å². The zero-order valence-electron chi connectivity index (χ0n) is 30.1. The molecule has 50 heavy (non-hydrogen) atoms. The summed E-state index contributed by atoms with van der Waals surface area (Å²) < 4.78 is 6.91. The average Bonchev–Trinajstić information content (AvgIpc) is 3.63. The highest BCUT2D eigenvalue weighted by atomic mass is 15.2. The fourth-order valence-corrected chi connectivity index (χ4v) is 8.00. The molecular weight excluding hydrogens is 611 g/mol. The lowest BCUT2D eigenvalue weighted by atomic mass is 9.81. The van der Waals surface area contributed by atoms with Crippen LogP contribution < -0.4 is 9.47 Å². The molecule has 2 aliphatic heterocycles. The molecule has 0 bridgehead atoms. The van der Waals surface area contributed by atoms with Crippen LogP contribution in [0.25, 0.3) is 22.8 Å². The number of aromatic nitrogens is 2. The van der Waals surface area contributed by atoms with Gasteiger partial charge in [-0.05, 0) is 80.5 Å². The summed E-state index contributed by atoms with van der Waals surface area (Å²) in [6, 6.07) is 36.2. The Morgan fingerprint density at radius 2 is 1.50 bits per heavy atom. The van der Waals surface area contributed by atoms with E-state index in [1.807, 2.05) is 18.2 Å². The van der Waals surface area contributed by atoms with Crippen molar-refractivity contribution in [2.75, 3.05) is 19.0 Å². The van der Waals surface area contributed by atoms with Crippen LogP contribution >= 0.6 is 0 Å². The van der Waals surface area contributed by atoms with Gasteiger partial charge in [-0.2, -0.15) is 14.4 Å². The fraction of sp³-hybridized carbons (Fsp3) is 0.222. The molecule has 0 saturated heterocycles. The molecule has 0 saturated carbocycles. The van der Waals surface area contributed by atoms with Crippen LogP contribution in [0.4, 0.5) is 11.4 Å². The first-order chi connectivity index (χ1) is 24.1. The van der Waals surface area contributed by atoms with Gasteiger partial charge in [0.15, 0.2) is 16.7 Å². The third-order valence-electron chi connectivity index (χ3n) is 10.6. The first kappa shape index (κ1) is 32.8. The largest absolute Gasteiger partial charge is 0.347 e. The number of nitrogens with zero attached hydrogens (tertiary/aromatic N) is 5. The molecule has 0 atom stereocenters. The lowest BCUT2D eigenvalue weighted by molar-refractivity contribution is -0.670. The molecule has 5 heteroatoms. The van der Waals surface area contributed by atoms with Crippen molar-refractivity contribution in [2.45, 2.75) is 52.0 Å². The number of anilines is 1. The van der Waals surface area contributed by atoms with Crippen LogP contribution in [0.3, 0.4) is 0 Å². The number of hydrogen-bond acceptors (Lipinski definition) is 2. The van der Waals surface area contributed by atoms with E-state index in [1.54, 1.807) is 0 Å². The average molecular weight is 656 g/mol. The second-order valence-electron chi connectivity index (χ2n) is 14.3. The predicted molar refractivity (Wildman–Crippen MR) is 206 cm³/mol. The third kappa shape index (κ3) is 5.33. The number of imidazole rings is 1. The third-order valence-corrected chi connectivity index (χ3v) is 10.6. The van der Waals surface area contributed by atoms with Crippen LogP contribution in [0.15, 0.2) is 139 Å². The van der Waals surface area contributed by atoms with E-state index in [0.717, 1.165) is 34.7 Å². The zero-order valence-corrected chi connectivity index (χ0v) is 30.1. The number of para-hydroxylation sites is 3. The molecule has 3 heterocycles. The van der Waals surface area contributed by atoms with Crippen LogP contribution in [-0.4, -0.2) is 28.9 Å². The summed E-state index contributed by atoms with van der Waals surface area (Å²) in [5.41, 5.74) is 12.3. The maximum Gasteiger partial charge on any atom is 0.287 e. The van der Waals surface area contributed by atoms with Crippen molar-refractivity contribution < 1.29 is 9.14 Å². The van der Waals surface area contributed by atoms with Gasteiger partial charge in [-0.1, -0.05) is 74.5 Å². The second kappa shape index (κ2) is 12.6. The normalized spacial score (nSPS) is 17.4. The molecule has 2 aliphatic rings. The number of hydrogen-bond donors (Lipinski definition) is 0. The monoisotopic (exact) mass is 655 g/mol. The Kier molecular flexibility index (Phi) is 8.28. The number of rotatable bonds is 7. The number of fused-ring (bicyclic) bond motifs is 3. The Morgan fingerprint density at radius 3 is 2.20 bits per heavy atom. The maximum absolute atomic E-state index is 9.74. The van der Waals surface area contributed by atoms with Crippen molar-refractivity contribution in [3.63, 3.8) is 0 Å². The van der Waals surface area contributed by atoms with Gasteiger partial charge in [-0.15, -0.1) is 0 Å². The molecule has 0 aliphatic carbocycles. The topological polar surface area (TPSA) is 38.8 Å². The predicted octanol–water partition coefficient (Wildman–Crippen LogP) is 9.32. The second-order valence-corrected chi connectivity index (χ2v) is 14.3. The van der Waals surface area contributed by atoms with Gasteiger partial charge in [-0.3, -0.25) is 0 Å². The van der Waals surface area contributed by atoms with Gasteiger partial charge in [0.05, 0.1) is 23.6 Å². The summed E-state index contributed by atoms with van der Waals surface area (Å²) in [6.07, 6.45) is 13.5. The van der Waals surface area contributed by atoms with Gasteiger partial charge >= 0.3 is 0 Å². The molecule has 5 nitrogen and oxygen atoms in total. The van der Waals surface area contributed by atoms with Crippen LogP contribution in [0.5, 0.6) is 0 Å². The molecular formula is C45H45N5+2. The van der Waals surface area contributed by atoms with E-state index in [0.29, 0.717) is 5.56 Å². The molecule has 0 N–H and O–H groups in total. The van der Waals surface area contributed by atoms with Gasteiger partial charge < -0.3 is 4.90 Å². The fourth-order valence-electron chi connectivity index (χ4n) is 8.00. The summed E-state index contributed by atoms with van der Waals surface area (Å²) in [4.78, 5) is 2.32. The minimum Gasteiger partial charge on any atom is -0.347 e. The van der Waals surface area contributed by atoms with Gasteiger partial charge in [0, 0.05) is 53.7 Å². The van der Waals surface area contributed by atoms with Crippen LogP contribution in [0, 0.1) is 11.3 Å². The van der Waals surface area contributed by atoms with Crippen LogP contribution in [0.1, 0.15) is 57.1 Å². The Morgan fingerprint density at radius 1 is 0.820 bits per heavy atom. The number of aryl methyl sites for hydroxylation is 1. The molecule has 0 unspecified atom stereocenters. The molecule has 5 aromatic rings. The first-order valence-corrected chi connectivity index (χ1v) is 17.4. The van der Waals surface area contributed by atoms with Crippen molar-refractivity contribution in [3.05, 3.63) is 161 Å². The van der Waals surface area contributed by atoms with Crippen molar-refractivity contribution in [2.24, 2.45) is 0 Å². The maximum atomic E-state index is 9.74. The van der Waals surface area contributed by atoms with E-state index < -0.39 is 0 Å². The Labute approximate surface area is 296 Å². The summed E-state index contributed by atoms with van der Waals surface area (Å²) in [7, 11) is 4.33. The van der Waals surface area contributed by atoms with Crippen molar-refractivity contribution in [1.29, 1.82) is 5.26 Å². The molecule has 0 amide bonds. The van der Waals surface area contributed by atoms with E-state index in [4.69, 9.17) is 0 Å². The molecule has 1 aromatic heterocycles. The SMILES string of the molecule is CC[n+]1c(/C=C/C(=C\C=C2\N(C)c3ccccc3C2(C)C)/C=C/C2=[N+](C)c3ccccc3C2(C)C)n(-c2ccccc2)c2ccc(C#N)cc21. The Bertz CT molecular complexity index is 2330. The Hall–Kier alpha value is -5.73. The molecule has 7 rings (SSSR count). The highest BCUT2D eigenvalue weighted by molar-refractivity contribution is 6.03. The molecule has 248 valence electrons. The first-order valence-electron chi connectivity index (χ1n) is 17.4. The van der Waals surface area contributed by atoms with E-state index in [-0.39, 0.29) is 10.8 Å². The minimum absolute atomic E-state index is 0.131. The molecule has 0 fully saturated rings. The smallest absolute Gasteiger partial charge is 0.287 e. The van der Waals surface area contributed by atoms with Crippen molar-refractivity contribution >= 4 is 34.2 Å². The van der Waals surface area contributed by atoms with Crippen molar-refractivity contribution in [3.8, 4) is 11.8 Å². The summed E-state index contributed by atoms with van der Waals surface area (Å²) in [5, 5.41) is 9.74. The lowest BCUT2D eigenvalue weighted by Crippen LogP contribution is -2.35. The van der Waals surface area contributed by atoms with Gasteiger partial charge in [0.2, 0.25) is 5.69 Å². The van der Waals surface area contributed by atoms with Crippen LogP contribution in [0.2, 0.25) is 0 Å². The van der Waals surface area contributed by atoms with E-state index in [2.05, 4.69) is 189 Å². The standard InChI is InChI=1S/C45H45N5/c1-8-49-40-30-33(31-46)22-26-39(40)50(34-16-10-9-11-17-34)43(49)29-25-32(23-27-41-44(2,3)35-18-12-14-20-37(35)47(41)6)24-28-42-45(4,5)36-19-13-15-21-38(36)48(42)7/h9-30H,8H2,1-7H3/q+2. The minimum atomic E-state index is -0.131. The Balaban J connectivity index is 1.39. The molecule has 4 aromatic carbocycles. The summed E-state index contributed by atoms with van der Waals surface area (Å²) in [6.45, 7) is 12.1. The van der Waals surface area contributed by atoms with Gasteiger partial charge in [0.1, 0.15) is 12.7 Å². The molecule has 0 spiro atoms. The number of nitriles is 1. The van der Waals surface area contributed by atoms with Gasteiger partial charge in [0.25, 0.3) is 5.82 Å². The quantitative estimate of drug-likeness (QED) is 0.130.